The van der Waals surface area contributed by atoms with Crippen LogP contribution in [0.3, 0.4) is 0 Å². The molecule has 21 heavy (non-hydrogen) atoms. The van der Waals surface area contributed by atoms with E-state index in [1.807, 2.05) is 26.0 Å². The van der Waals surface area contributed by atoms with Crippen LogP contribution in [0, 0.1) is 6.20 Å². The van der Waals surface area contributed by atoms with Gasteiger partial charge in [-0.05, 0) is 11.3 Å². The number of ether oxygens (including phenoxy) is 1. The van der Waals surface area contributed by atoms with Crippen LogP contribution in [-0.2, 0) is 25.8 Å². The molecule has 0 bridgehead atoms. The fourth-order valence-corrected chi connectivity index (χ4v) is 1.87. The van der Waals surface area contributed by atoms with Gasteiger partial charge in [-0.3, -0.25) is 0 Å². The topological polar surface area (TPSA) is 51.1 Å². The molecule has 0 radical (unpaired) electrons. The van der Waals surface area contributed by atoms with Crippen LogP contribution in [0.4, 0.5) is 5.95 Å². The van der Waals surface area contributed by atoms with Crippen LogP contribution >= 0.6 is 0 Å². The maximum absolute atomic E-state index is 5.30. The van der Waals surface area contributed by atoms with Gasteiger partial charge < -0.3 is 14.6 Å². The number of hydrogen-bond acceptors (Lipinski definition) is 5. The maximum Gasteiger partial charge on any atom is 0.225 e. The molecule has 0 saturated carbocycles. The minimum absolute atomic E-state index is 0. The number of nitrogens with zero attached hydrogens (tertiary/aromatic N) is 4. The molecule has 2 aromatic heterocycles. The fourth-order valence-electron chi connectivity index (χ4n) is 1.87. The van der Waals surface area contributed by atoms with Crippen molar-refractivity contribution in [1.82, 2.24) is 15.0 Å². The van der Waals surface area contributed by atoms with E-state index >= 15 is 0 Å². The summed E-state index contributed by atoms with van der Waals surface area (Å²) in [5, 5.41) is 0. The zero-order valence-corrected chi connectivity index (χ0v) is 15.3. The van der Waals surface area contributed by atoms with Crippen molar-refractivity contribution in [3.63, 3.8) is 0 Å². The van der Waals surface area contributed by atoms with E-state index in [-0.39, 0.29) is 21.1 Å². The predicted octanol–water partition coefficient (Wildman–Crippen LogP) is 2.20. The number of anilines is 1. The Kier molecular flexibility index (Phi) is 8.09. The van der Waals surface area contributed by atoms with Crippen molar-refractivity contribution in [2.45, 2.75) is 13.8 Å². The molecule has 0 aliphatic carbocycles. The minimum atomic E-state index is 0. The van der Waals surface area contributed by atoms with Gasteiger partial charge in [-0.1, -0.05) is 20.0 Å². The molecule has 0 unspecified atom stereocenters. The molecule has 0 atom stereocenters. The quantitative estimate of drug-likeness (QED) is 0.651. The first-order chi connectivity index (χ1) is 9.93. The van der Waals surface area contributed by atoms with Crippen LogP contribution in [0.2, 0.25) is 0 Å². The zero-order valence-electron chi connectivity index (χ0n) is 12.3. The maximum atomic E-state index is 5.30. The monoisotopic (exact) mass is 455 g/mol. The van der Waals surface area contributed by atoms with Crippen molar-refractivity contribution in [2.75, 3.05) is 31.2 Å². The minimum Gasteiger partial charge on any atom is -0.386 e. The van der Waals surface area contributed by atoms with E-state index in [2.05, 4.69) is 26.0 Å². The largest absolute Gasteiger partial charge is 0.386 e. The van der Waals surface area contributed by atoms with Crippen LogP contribution in [-0.4, -0.2) is 41.3 Å². The molecule has 3 rings (SSSR count). The van der Waals surface area contributed by atoms with Gasteiger partial charge in [0.25, 0.3) is 0 Å². The smallest absolute Gasteiger partial charge is 0.225 e. The summed E-state index contributed by atoms with van der Waals surface area (Å²) >= 11 is 0. The van der Waals surface area contributed by atoms with E-state index in [4.69, 9.17) is 4.74 Å². The van der Waals surface area contributed by atoms with Gasteiger partial charge in [0.2, 0.25) is 5.95 Å². The Morgan fingerprint density at radius 1 is 1.14 bits per heavy atom. The Hall–Kier alpha value is -1.32. The van der Waals surface area contributed by atoms with Crippen LogP contribution in [0.15, 0.2) is 30.6 Å². The van der Waals surface area contributed by atoms with Gasteiger partial charge in [-0.15, -0.1) is 6.07 Å². The van der Waals surface area contributed by atoms with Gasteiger partial charge in [0.1, 0.15) is 0 Å². The number of pyridine rings is 1. The second-order valence-electron chi connectivity index (χ2n) is 4.02. The molecule has 0 amide bonds. The second kappa shape index (κ2) is 9.58. The summed E-state index contributed by atoms with van der Waals surface area (Å²) in [7, 11) is 0. The molecule has 0 spiro atoms. The summed E-state index contributed by atoms with van der Waals surface area (Å²) in [5.41, 5.74) is 1.75. The van der Waals surface area contributed by atoms with E-state index < -0.39 is 0 Å². The molecule has 6 heteroatoms. The molecule has 1 saturated heterocycles. The van der Waals surface area contributed by atoms with Crippen molar-refractivity contribution < 1.29 is 25.8 Å². The first kappa shape index (κ1) is 17.7. The Bertz CT molecular complexity index is 501. The summed E-state index contributed by atoms with van der Waals surface area (Å²) in [4.78, 5) is 15.0. The number of rotatable bonds is 2. The molecule has 112 valence electrons. The number of aromatic nitrogens is 3. The van der Waals surface area contributed by atoms with Crippen molar-refractivity contribution in [2.24, 2.45) is 0 Å². The van der Waals surface area contributed by atoms with E-state index in [9.17, 15) is 0 Å². The average molecular weight is 455 g/mol. The summed E-state index contributed by atoms with van der Waals surface area (Å²) in [6, 6.07) is 5.59. The first-order valence-electron chi connectivity index (χ1n) is 6.92. The van der Waals surface area contributed by atoms with E-state index in [1.165, 1.54) is 0 Å². The molecule has 0 aromatic carbocycles. The average Bonchev–Trinajstić information content (AvgIpc) is 2.58. The number of hydrogen-bond donors (Lipinski definition) is 0. The van der Waals surface area contributed by atoms with Crippen LogP contribution in [0.5, 0.6) is 0 Å². The normalized spacial score (nSPS) is 13.7. The van der Waals surface area contributed by atoms with E-state index in [0.29, 0.717) is 0 Å². The molecule has 2 aromatic rings. The van der Waals surface area contributed by atoms with Crippen LogP contribution < -0.4 is 4.90 Å². The third kappa shape index (κ3) is 4.87. The van der Waals surface area contributed by atoms with Crippen molar-refractivity contribution in [3.8, 4) is 11.3 Å². The Labute approximate surface area is 140 Å². The molecule has 0 N–H and O–H groups in total. The zero-order chi connectivity index (χ0) is 14.2. The van der Waals surface area contributed by atoms with E-state index in [0.717, 1.165) is 43.5 Å². The fraction of sp³-hybridized carbons (Fsp3) is 0.400. The molecule has 1 aliphatic heterocycles. The first-order valence-corrected chi connectivity index (χ1v) is 6.92. The predicted molar refractivity (Wildman–Crippen MR) is 78.5 cm³/mol. The number of morpholine rings is 1. The Morgan fingerprint density at radius 3 is 2.38 bits per heavy atom. The van der Waals surface area contributed by atoms with Crippen molar-refractivity contribution >= 4 is 5.95 Å². The molecular formula is C15H19N4OW-. The van der Waals surface area contributed by atoms with E-state index in [1.54, 1.807) is 18.5 Å². The van der Waals surface area contributed by atoms with Gasteiger partial charge in [0, 0.05) is 46.5 Å². The standard InChI is InChI=1S/C13H13N4O.C2H6.W/c1-2-4-14-12(3-1)11-9-15-13(16-10-11)17-5-7-18-8-6-17;1-2;/h1-3,9-10H,5-8H2;1-2H3;/q-1;;. The van der Waals surface area contributed by atoms with Crippen molar-refractivity contribution in [1.29, 1.82) is 0 Å². The summed E-state index contributed by atoms with van der Waals surface area (Å²) in [6.45, 7) is 7.16. The molecule has 3 heterocycles. The summed E-state index contributed by atoms with van der Waals surface area (Å²) in [6.07, 6.45) is 6.40. The van der Waals surface area contributed by atoms with Crippen molar-refractivity contribution in [3.05, 3.63) is 36.8 Å². The van der Waals surface area contributed by atoms with Gasteiger partial charge in [0.15, 0.2) is 0 Å². The summed E-state index contributed by atoms with van der Waals surface area (Å²) < 4.78 is 5.30. The Morgan fingerprint density at radius 2 is 1.81 bits per heavy atom. The van der Waals surface area contributed by atoms with Gasteiger partial charge >= 0.3 is 0 Å². The molecule has 5 nitrogen and oxygen atoms in total. The SMILES string of the molecule is CC.[W].[c-]1cccc(-c2cnc(N3CCOCC3)nc2)n1. The van der Waals surface area contributed by atoms with Gasteiger partial charge in [-0.25, -0.2) is 9.97 Å². The van der Waals surface area contributed by atoms with Crippen LogP contribution in [0.1, 0.15) is 13.8 Å². The third-order valence-corrected chi connectivity index (χ3v) is 2.84. The molecular weight excluding hydrogens is 436 g/mol. The summed E-state index contributed by atoms with van der Waals surface area (Å²) in [5.74, 6) is 0.752. The molecule has 1 aliphatic rings. The van der Waals surface area contributed by atoms with Crippen LogP contribution in [0.25, 0.3) is 11.3 Å². The third-order valence-electron chi connectivity index (χ3n) is 2.84. The van der Waals surface area contributed by atoms with Gasteiger partial charge in [-0.2, -0.15) is 12.1 Å². The molecule has 1 fully saturated rings. The Balaban J connectivity index is 0.000000706. The van der Waals surface area contributed by atoms with Gasteiger partial charge in [0.05, 0.1) is 13.2 Å². The second-order valence-corrected chi connectivity index (χ2v) is 4.02.